The van der Waals surface area contributed by atoms with Crippen molar-refractivity contribution in [2.24, 2.45) is 0 Å². The molecular weight excluding hydrogens is 548 g/mol. The second-order valence-electron chi connectivity index (χ2n) is 11.8. The number of nitrogens with one attached hydrogen (secondary N) is 4. The number of carbonyl (C=O) groups is 4. The number of carboxylic acid groups (broad SMARTS) is 2. The minimum absolute atomic E-state index is 0.0157. The van der Waals surface area contributed by atoms with Crippen LogP contribution in [-0.2, 0) is 51.3 Å². The molecule has 4 rings (SSSR count). The van der Waals surface area contributed by atoms with E-state index in [1.54, 1.807) is 0 Å². The lowest BCUT2D eigenvalue weighted by Crippen LogP contribution is -2.31. The number of H-pyrrole nitrogens is 2. The highest BCUT2D eigenvalue weighted by Crippen LogP contribution is 2.31. The molecule has 0 radical (unpaired) electrons. The first-order chi connectivity index (χ1) is 20.4. The molecule has 10 nitrogen and oxygen atoms in total. The summed E-state index contributed by atoms with van der Waals surface area (Å²) in [6.07, 6.45) is 3.70. The van der Waals surface area contributed by atoms with Crippen molar-refractivity contribution in [2.45, 2.75) is 111 Å². The zero-order valence-electron chi connectivity index (χ0n) is 26.0. The van der Waals surface area contributed by atoms with Crippen molar-refractivity contribution in [2.75, 3.05) is 0 Å². The molecule has 43 heavy (non-hydrogen) atoms. The molecular formula is C33H44N4O6. The molecule has 0 aliphatic carbocycles. The van der Waals surface area contributed by atoms with E-state index < -0.39 is 11.9 Å². The summed E-state index contributed by atoms with van der Waals surface area (Å²) in [7, 11) is 0. The molecule has 0 saturated heterocycles. The van der Waals surface area contributed by atoms with Gasteiger partial charge in [0.15, 0.2) is 0 Å². The van der Waals surface area contributed by atoms with Gasteiger partial charge < -0.3 is 30.8 Å². The van der Waals surface area contributed by atoms with Gasteiger partial charge in [-0.2, -0.15) is 0 Å². The monoisotopic (exact) mass is 592 g/mol. The van der Waals surface area contributed by atoms with Gasteiger partial charge in [0.25, 0.3) is 0 Å². The lowest BCUT2D eigenvalue weighted by Gasteiger charge is -2.14. The Morgan fingerprint density at radius 1 is 0.698 bits per heavy atom. The lowest BCUT2D eigenvalue weighted by molar-refractivity contribution is -0.138. The second-order valence-corrected chi connectivity index (χ2v) is 11.8. The van der Waals surface area contributed by atoms with E-state index in [0.29, 0.717) is 38.5 Å². The molecule has 6 N–H and O–H groups in total. The minimum atomic E-state index is -0.878. The summed E-state index contributed by atoms with van der Waals surface area (Å²) in [5.41, 5.74) is 11.2. The molecule has 0 fully saturated rings. The van der Waals surface area contributed by atoms with Crippen LogP contribution in [0, 0.1) is 13.8 Å². The zero-order chi connectivity index (χ0) is 31.6. The third-order valence-electron chi connectivity index (χ3n) is 9.35. The number of carboxylic acids is 2. The summed E-state index contributed by atoms with van der Waals surface area (Å²) >= 11 is 0. The van der Waals surface area contributed by atoms with E-state index in [1.165, 1.54) is 0 Å². The number of hydrogen-bond donors (Lipinski definition) is 6. The van der Waals surface area contributed by atoms with Gasteiger partial charge in [0.1, 0.15) is 0 Å². The summed E-state index contributed by atoms with van der Waals surface area (Å²) < 4.78 is 0. The Morgan fingerprint density at radius 2 is 1.19 bits per heavy atom. The van der Waals surface area contributed by atoms with Gasteiger partial charge in [-0.1, -0.05) is 13.8 Å². The van der Waals surface area contributed by atoms with Crippen LogP contribution < -0.4 is 10.6 Å². The molecule has 232 valence electrons. The molecule has 0 bridgehead atoms. The topological polar surface area (TPSA) is 164 Å². The molecule has 0 aromatic carbocycles. The number of hydrogen-bond acceptors (Lipinski definition) is 4. The third kappa shape index (κ3) is 6.63. The smallest absolute Gasteiger partial charge is 0.303 e. The van der Waals surface area contributed by atoms with Crippen LogP contribution in [0.2, 0.25) is 0 Å². The average Bonchev–Trinajstić information content (AvgIpc) is 3.59. The molecule has 2 amide bonds. The Kier molecular flexibility index (Phi) is 9.67. The summed E-state index contributed by atoms with van der Waals surface area (Å²) in [5.74, 6) is -1.84. The Morgan fingerprint density at radius 3 is 1.63 bits per heavy atom. The standard InChI is InChI=1S/C33H44N4O6/c1-7-20-19(6)32(42)37-27(20)14-25-18(5)23(10-12-31(40)41)29(35-25)15-28-22(9-11-30(38)39)17(4)24(34-28)13-26-16(3)21(8-2)33(43)36-26/h26-27,34-35H,7-15H2,1-6H3,(H,36,43)(H,37,42)(H,38,39)(H,40,41)/t26-,27-/m1/s1. The van der Waals surface area contributed by atoms with Crippen LogP contribution in [0.4, 0.5) is 0 Å². The van der Waals surface area contributed by atoms with Crippen LogP contribution in [-0.4, -0.2) is 56.0 Å². The van der Waals surface area contributed by atoms with E-state index in [2.05, 4.69) is 20.6 Å². The molecule has 10 heteroatoms. The van der Waals surface area contributed by atoms with Crippen LogP contribution in [0.3, 0.4) is 0 Å². The zero-order valence-corrected chi connectivity index (χ0v) is 26.0. The van der Waals surface area contributed by atoms with Crippen molar-refractivity contribution in [3.05, 3.63) is 67.3 Å². The minimum Gasteiger partial charge on any atom is -0.481 e. The fourth-order valence-electron chi connectivity index (χ4n) is 6.79. The number of rotatable bonds is 14. The lowest BCUT2D eigenvalue weighted by atomic mass is 9.95. The molecule has 4 heterocycles. The van der Waals surface area contributed by atoms with E-state index >= 15 is 0 Å². The molecule has 2 aliphatic rings. The fraction of sp³-hybridized carbons (Fsp3) is 0.515. The highest BCUT2D eigenvalue weighted by molar-refractivity contribution is 5.97. The Bertz CT molecular complexity index is 1520. The quantitative estimate of drug-likeness (QED) is 0.193. The predicted octanol–water partition coefficient (Wildman–Crippen LogP) is 4.12. The second kappa shape index (κ2) is 13.1. The van der Waals surface area contributed by atoms with E-state index in [0.717, 1.165) is 73.7 Å². The van der Waals surface area contributed by atoms with Crippen molar-refractivity contribution in [3.8, 4) is 0 Å². The number of amides is 2. The summed E-state index contributed by atoms with van der Waals surface area (Å²) in [6.45, 7) is 11.8. The van der Waals surface area contributed by atoms with Crippen molar-refractivity contribution in [1.82, 2.24) is 20.6 Å². The van der Waals surface area contributed by atoms with Gasteiger partial charge in [-0.25, -0.2) is 0 Å². The largest absolute Gasteiger partial charge is 0.481 e. The number of aliphatic carboxylic acids is 2. The van der Waals surface area contributed by atoms with Gasteiger partial charge in [-0.15, -0.1) is 0 Å². The maximum absolute atomic E-state index is 12.5. The van der Waals surface area contributed by atoms with Crippen LogP contribution >= 0.6 is 0 Å². The van der Waals surface area contributed by atoms with E-state index in [1.807, 2.05) is 41.5 Å². The Labute approximate surface area is 252 Å². The Hall–Kier alpha value is -4.08. The summed E-state index contributed by atoms with van der Waals surface area (Å²) in [5, 5.41) is 25.1. The molecule has 2 atom stereocenters. The SMILES string of the molecule is CCC1=C(C)[C@@H](Cc2[nH]c(Cc3[nH]c(C[C@H]4NC(=O)C(C)=C4CC)c(C)c3CCC(=O)O)c(CCC(=O)O)c2C)NC1=O. The number of aromatic nitrogens is 2. The van der Waals surface area contributed by atoms with E-state index in [-0.39, 0.29) is 36.7 Å². The van der Waals surface area contributed by atoms with Crippen LogP contribution in [0.5, 0.6) is 0 Å². The normalized spacial score (nSPS) is 18.6. The third-order valence-corrected chi connectivity index (χ3v) is 9.35. The number of aromatic amines is 2. The highest BCUT2D eigenvalue weighted by atomic mass is 16.4. The van der Waals surface area contributed by atoms with Gasteiger partial charge in [-0.05, 0) is 86.8 Å². The van der Waals surface area contributed by atoms with Gasteiger partial charge >= 0.3 is 11.9 Å². The molecule has 0 spiro atoms. The van der Waals surface area contributed by atoms with Crippen molar-refractivity contribution >= 4 is 23.8 Å². The summed E-state index contributed by atoms with van der Waals surface area (Å²) in [4.78, 5) is 55.1. The molecule has 2 aliphatic heterocycles. The first kappa shape index (κ1) is 31.8. The Balaban J connectivity index is 1.70. The maximum atomic E-state index is 12.5. The first-order valence-corrected chi connectivity index (χ1v) is 15.2. The van der Waals surface area contributed by atoms with Gasteiger partial charge in [0.2, 0.25) is 11.8 Å². The molecule has 2 aromatic heterocycles. The van der Waals surface area contributed by atoms with Gasteiger partial charge in [-0.3, -0.25) is 19.2 Å². The van der Waals surface area contributed by atoms with Crippen LogP contribution in [0.1, 0.15) is 98.4 Å². The van der Waals surface area contributed by atoms with Crippen molar-refractivity contribution < 1.29 is 29.4 Å². The fourth-order valence-corrected chi connectivity index (χ4v) is 6.79. The van der Waals surface area contributed by atoms with Crippen LogP contribution in [0.25, 0.3) is 0 Å². The van der Waals surface area contributed by atoms with E-state index in [9.17, 15) is 29.4 Å². The average molecular weight is 593 g/mol. The predicted molar refractivity (Wildman–Crippen MR) is 163 cm³/mol. The van der Waals surface area contributed by atoms with E-state index in [4.69, 9.17) is 0 Å². The van der Waals surface area contributed by atoms with Crippen LogP contribution in [0.15, 0.2) is 22.3 Å². The summed E-state index contributed by atoms with van der Waals surface area (Å²) in [6, 6.07) is -0.247. The molecule has 0 saturated carbocycles. The van der Waals surface area contributed by atoms with Gasteiger partial charge in [0, 0.05) is 66.0 Å². The van der Waals surface area contributed by atoms with Gasteiger partial charge in [0.05, 0.1) is 12.1 Å². The van der Waals surface area contributed by atoms with Crippen molar-refractivity contribution in [1.29, 1.82) is 0 Å². The highest BCUT2D eigenvalue weighted by Gasteiger charge is 2.31. The van der Waals surface area contributed by atoms with Crippen molar-refractivity contribution in [3.63, 3.8) is 0 Å². The first-order valence-electron chi connectivity index (χ1n) is 15.2. The number of carbonyl (C=O) groups excluding carboxylic acids is 2. The molecule has 0 unspecified atom stereocenters. The molecule has 2 aromatic rings. The maximum Gasteiger partial charge on any atom is 0.303 e.